The first-order chi connectivity index (χ1) is 9.15. The highest BCUT2D eigenvalue weighted by molar-refractivity contribution is 6.30. The number of carbonyl (C=O) groups is 1. The lowest BCUT2D eigenvalue weighted by molar-refractivity contribution is -0.115. The van der Waals surface area contributed by atoms with E-state index >= 15 is 0 Å². The van der Waals surface area contributed by atoms with Gasteiger partial charge in [0.25, 0.3) is 0 Å². The molecular formula is C14H15ClN2O2. The summed E-state index contributed by atoms with van der Waals surface area (Å²) in [4.78, 5) is 11.8. The molecule has 0 aliphatic heterocycles. The molecule has 0 radical (unpaired) electrons. The molecule has 0 saturated carbocycles. The van der Waals surface area contributed by atoms with Crippen molar-refractivity contribution >= 4 is 23.2 Å². The molecule has 5 heteroatoms. The van der Waals surface area contributed by atoms with E-state index in [1.807, 2.05) is 19.1 Å². The second kappa shape index (κ2) is 6.41. The number of furan rings is 1. The van der Waals surface area contributed by atoms with E-state index in [9.17, 15) is 4.79 Å². The summed E-state index contributed by atoms with van der Waals surface area (Å²) >= 11 is 5.84. The van der Waals surface area contributed by atoms with Crippen LogP contribution in [0.2, 0.25) is 5.02 Å². The number of carbonyl (C=O) groups excluding carboxylic acids is 1. The van der Waals surface area contributed by atoms with Gasteiger partial charge in [-0.3, -0.25) is 10.1 Å². The molecule has 1 unspecified atom stereocenters. The van der Waals surface area contributed by atoms with Crippen LogP contribution in [0.15, 0.2) is 47.1 Å². The Morgan fingerprint density at radius 2 is 2.21 bits per heavy atom. The van der Waals surface area contributed by atoms with Gasteiger partial charge in [0.2, 0.25) is 5.91 Å². The van der Waals surface area contributed by atoms with Crippen LogP contribution in [0.1, 0.15) is 18.7 Å². The molecule has 1 aromatic carbocycles. The molecule has 2 aromatic rings. The lowest BCUT2D eigenvalue weighted by Crippen LogP contribution is -2.29. The van der Waals surface area contributed by atoms with Crippen LogP contribution in [0, 0.1) is 0 Å². The van der Waals surface area contributed by atoms with Crippen LogP contribution in [0.5, 0.6) is 0 Å². The number of amides is 1. The number of anilines is 1. The van der Waals surface area contributed by atoms with Gasteiger partial charge in [-0.1, -0.05) is 17.7 Å². The van der Waals surface area contributed by atoms with E-state index in [1.54, 1.807) is 30.5 Å². The van der Waals surface area contributed by atoms with E-state index in [0.29, 0.717) is 10.7 Å². The quantitative estimate of drug-likeness (QED) is 0.883. The van der Waals surface area contributed by atoms with Crippen molar-refractivity contribution in [3.8, 4) is 0 Å². The average Bonchev–Trinajstić information content (AvgIpc) is 2.90. The first-order valence-electron chi connectivity index (χ1n) is 5.97. The molecule has 1 amide bonds. The molecule has 1 aromatic heterocycles. The number of hydrogen-bond acceptors (Lipinski definition) is 3. The summed E-state index contributed by atoms with van der Waals surface area (Å²) in [5, 5.41) is 6.44. The summed E-state index contributed by atoms with van der Waals surface area (Å²) in [6.45, 7) is 2.14. The molecule has 4 nitrogen and oxygen atoms in total. The molecule has 0 aliphatic carbocycles. The predicted molar refractivity (Wildman–Crippen MR) is 75.2 cm³/mol. The highest BCUT2D eigenvalue weighted by Crippen LogP contribution is 2.15. The zero-order valence-corrected chi connectivity index (χ0v) is 11.3. The van der Waals surface area contributed by atoms with E-state index in [4.69, 9.17) is 16.0 Å². The van der Waals surface area contributed by atoms with Gasteiger partial charge in [-0.25, -0.2) is 0 Å². The number of halogens is 1. The lowest BCUT2D eigenvalue weighted by Gasteiger charge is -2.11. The van der Waals surface area contributed by atoms with Crippen LogP contribution in [-0.4, -0.2) is 12.5 Å². The Balaban J connectivity index is 1.82. The van der Waals surface area contributed by atoms with Gasteiger partial charge in [0.15, 0.2) is 0 Å². The van der Waals surface area contributed by atoms with Gasteiger partial charge >= 0.3 is 0 Å². The van der Waals surface area contributed by atoms with Gasteiger partial charge in [-0.15, -0.1) is 0 Å². The average molecular weight is 279 g/mol. The van der Waals surface area contributed by atoms with Gasteiger partial charge in [-0.2, -0.15) is 0 Å². The monoisotopic (exact) mass is 278 g/mol. The fraction of sp³-hybridized carbons (Fsp3) is 0.214. The Hall–Kier alpha value is -1.78. The summed E-state index contributed by atoms with van der Waals surface area (Å²) in [5.74, 6) is 0.677. The Morgan fingerprint density at radius 3 is 2.89 bits per heavy atom. The molecule has 100 valence electrons. The van der Waals surface area contributed by atoms with Crippen molar-refractivity contribution in [1.29, 1.82) is 0 Å². The first kappa shape index (κ1) is 13.6. The molecule has 1 heterocycles. The SMILES string of the molecule is CC(NCC(=O)Nc1cccc(Cl)c1)c1ccco1. The topological polar surface area (TPSA) is 54.3 Å². The molecule has 0 bridgehead atoms. The largest absolute Gasteiger partial charge is 0.468 e. The number of rotatable bonds is 5. The van der Waals surface area contributed by atoms with E-state index < -0.39 is 0 Å². The van der Waals surface area contributed by atoms with Crippen molar-refractivity contribution in [3.05, 3.63) is 53.4 Å². The Morgan fingerprint density at radius 1 is 1.37 bits per heavy atom. The van der Waals surface area contributed by atoms with Gasteiger partial charge < -0.3 is 9.73 Å². The van der Waals surface area contributed by atoms with Crippen LogP contribution >= 0.6 is 11.6 Å². The van der Waals surface area contributed by atoms with Gasteiger partial charge in [0.05, 0.1) is 18.8 Å². The Labute approximate surface area is 116 Å². The summed E-state index contributed by atoms with van der Waals surface area (Å²) in [6, 6.07) is 10.7. The maximum Gasteiger partial charge on any atom is 0.238 e. The van der Waals surface area contributed by atoms with Crippen LogP contribution in [0.4, 0.5) is 5.69 Å². The van der Waals surface area contributed by atoms with E-state index in [0.717, 1.165) is 5.76 Å². The molecule has 19 heavy (non-hydrogen) atoms. The van der Waals surface area contributed by atoms with Crippen LogP contribution in [0.25, 0.3) is 0 Å². The molecule has 0 fully saturated rings. The Kier molecular flexibility index (Phi) is 4.60. The van der Waals surface area contributed by atoms with Crippen molar-refractivity contribution in [3.63, 3.8) is 0 Å². The lowest BCUT2D eigenvalue weighted by atomic mass is 10.2. The molecule has 0 spiro atoms. The van der Waals surface area contributed by atoms with Crippen molar-refractivity contribution in [2.24, 2.45) is 0 Å². The van der Waals surface area contributed by atoms with Crippen molar-refractivity contribution < 1.29 is 9.21 Å². The summed E-state index contributed by atoms with van der Waals surface area (Å²) in [5.41, 5.74) is 0.685. The number of nitrogens with one attached hydrogen (secondary N) is 2. The van der Waals surface area contributed by atoms with E-state index in [1.165, 1.54) is 0 Å². The minimum Gasteiger partial charge on any atom is -0.468 e. The summed E-state index contributed by atoms with van der Waals surface area (Å²) in [6.07, 6.45) is 1.61. The molecule has 2 rings (SSSR count). The molecule has 0 aliphatic rings. The van der Waals surface area contributed by atoms with Gasteiger partial charge in [0.1, 0.15) is 5.76 Å². The predicted octanol–water partition coefficient (Wildman–Crippen LogP) is 3.22. The fourth-order valence-electron chi connectivity index (χ4n) is 1.66. The molecular weight excluding hydrogens is 264 g/mol. The standard InChI is InChI=1S/C14H15ClN2O2/c1-10(13-6-3-7-19-13)16-9-14(18)17-12-5-2-4-11(15)8-12/h2-8,10,16H,9H2,1H3,(H,17,18). The third-order valence-corrected chi connectivity index (χ3v) is 2.88. The van der Waals surface area contributed by atoms with E-state index in [2.05, 4.69) is 10.6 Å². The highest BCUT2D eigenvalue weighted by atomic mass is 35.5. The highest BCUT2D eigenvalue weighted by Gasteiger charge is 2.09. The van der Waals surface area contributed by atoms with Crippen molar-refractivity contribution in [2.75, 3.05) is 11.9 Å². The van der Waals surface area contributed by atoms with Crippen LogP contribution < -0.4 is 10.6 Å². The van der Waals surface area contributed by atoms with Crippen molar-refractivity contribution in [1.82, 2.24) is 5.32 Å². The summed E-state index contributed by atoms with van der Waals surface area (Å²) < 4.78 is 5.25. The second-order valence-electron chi connectivity index (χ2n) is 4.18. The third-order valence-electron chi connectivity index (χ3n) is 2.65. The molecule has 2 N–H and O–H groups in total. The number of hydrogen-bond donors (Lipinski definition) is 2. The minimum absolute atomic E-state index is 0.0138. The van der Waals surface area contributed by atoms with E-state index in [-0.39, 0.29) is 18.5 Å². The maximum atomic E-state index is 11.8. The third kappa shape index (κ3) is 4.12. The normalized spacial score (nSPS) is 12.1. The molecule has 1 atom stereocenters. The van der Waals surface area contributed by atoms with Crippen molar-refractivity contribution in [2.45, 2.75) is 13.0 Å². The zero-order valence-electron chi connectivity index (χ0n) is 10.5. The van der Waals surface area contributed by atoms with Gasteiger partial charge in [-0.05, 0) is 37.3 Å². The number of benzene rings is 1. The maximum absolute atomic E-state index is 11.8. The fourth-order valence-corrected chi connectivity index (χ4v) is 1.85. The Bertz CT molecular complexity index is 540. The zero-order chi connectivity index (χ0) is 13.7. The second-order valence-corrected chi connectivity index (χ2v) is 4.61. The van der Waals surface area contributed by atoms with Crippen LogP contribution in [-0.2, 0) is 4.79 Å². The van der Waals surface area contributed by atoms with Crippen LogP contribution in [0.3, 0.4) is 0 Å². The summed E-state index contributed by atoms with van der Waals surface area (Å²) in [7, 11) is 0. The smallest absolute Gasteiger partial charge is 0.238 e. The molecule has 0 saturated heterocycles. The first-order valence-corrected chi connectivity index (χ1v) is 6.35. The van der Waals surface area contributed by atoms with Gasteiger partial charge in [0, 0.05) is 10.7 Å². The minimum atomic E-state index is -0.124.